The van der Waals surface area contributed by atoms with E-state index < -0.39 is 0 Å². The summed E-state index contributed by atoms with van der Waals surface area (Å²) in [5.74, 6) is 2.01. The maximum absolute atomic E-state index is 5.90. The molecule has 1 fully saturated rings. The molecular weight excluding hydrogens is 294 g/mol. The van der Waals surface area contributed by atoms with Crippen LogP contribution in [0.15, 0.2) is 17.0 Å². The zero-order chi connectivity index (χ0) is 12.7. The minimum atomic E-state index is 0.432. The predicted molar refractivity (Wildman–Crippen MR) is 74.5 cm³/mol. The third-order valence-corrected chi connectivity index (χ3v) is 4.15. The highest BCUT2D eigenvalue weighted by Crippen LogP contribution is 2.30. The van der Waals surface area contributed by atoms with Crippen molar-refractivity contribution >= 4 is 27.3 Å². The van der Waals surface area contributed by atoms with Gasteiger partial charge in [0.05, 0.1) is 0 Å². The Morgan fingerprint density at radius 3 is 3.06 bits per heavy atom. The molecule has 18 heavy (non-hydrogen) atoms. The first-order valence-corrected chi connectivity index (χ1v) is 6.97. The number of hydrogen-bond acceptors (Lipinski definition) is 4. The summed E-state index contributed by atoms with van der Waals surface area (Å²) in [4.78, 5) is 8.73. The fourth-order valence-corrected chi connectivity index (χ4v) is 3.13. The highest BCUT2D eigenvalue weighted by molar-refractivity contribution is 9.10. The fraction of sp³-hybridized carbons (Fsp3) is 0.500. The Labute approximate surface area is 114 Å². The van der Waals surface area contributed by atoms with E-state index in [9.17, 15) is 0 Å². The van der Waals surface area contributed by atoms with E-state index in [0.29, 0.717) is 17.8 Å². The average molecular weight is 310 g/mol. The molecule has 5 nitrogen and oxygen atoms in total. The number of halogens is 1. The molecule has 0 saturated carbocycles. The third kappa shape index (κ3) is 1.89. The molecule has 3 heterocycles. The molecule has 96 valence electrons. The Morgan fingerprint density at radius 1 is 1.50 bits per heavy atom. The predicted octanol–water partition coefficient (Wildman–Crippen LogP) is 1.93. The Hall–Kier alpha value is -1.14. The van der Waals surface area contributed by atoms with E-state index in [4.69, 9.17) is 5.73 Å². The van der Waals surface area contributed by atoms with Crippen LogP contribution in [0.5, 0.6) is 0 Å². The molecule has 0 radical (unpaired) electrons. The Kier molecular flexibility index (Phi) is 2.99. The Balaban J connectivity index is 2.05. The number of piperidine rings is 1. The number of hydrogen-bond donors (Lipinski definition) is 2. The zero-order valence-corrected chi connectivity index (χ0v) is 11.8. The summed E-state index contributed by atoms with van der Waals surface area (Å²) < 4.78 is 2.83. The monoisotopic (exact) mass is 309 g/mol. The van der Waals surface area contributed by atoms with Gasteiger partial charge in [0.1, 0.15) is 15.9 Å². The molecule has 6 heteroatoms. The Bertz CT molecular complexity index is 571. The summed E-state index contributed by atoms with van der Waals surface area (Å²) >= 11 is 3.47. The largest absolute Gasteiger partial charge is 0.382 e. The van der Waals surface area contributed by atoms with Crippen molar-refractivity contribution in [2.45, 2.75) is 31.7 Å². The first-order valence-electron chi connectivity index (χ1n) is 6.18. The topological polar surface area (TPSA) is 68.2 Å². The molecule has 2 aromatic rings. The van der Waals surface area contributed by atoms with Crippen molar-refractivity contribution in [1.29, 1.82) is 0 Å². The lowest BCUT2D eigenvalue weighted by molar-refractivity contribution is 0.375. The van der Waals surface area contributed by atoms with E-state index in [2.05, 4.69) is 42.5 Å². The molecule has 0 bridgehead atoms. The summed E-state index contributed by atoms with van der Waals surface area (Å²) in [7, 11) is 0. The van der Waals surface area contributed by atoms with Crippen molar-refractivity contribution in [3.63, 3.8) is 0 Å². The highest BCUT2D eigenvalue weighted by Gasteiger charge is 2.24. The molecule has 1 aliphatic heterocycles. The van der Waals surface area contributed by atoms with Crippen LogP contribution < -0.4 is 11.1 Å². The van der Waals surface area contributed by atoms with E-state index in [-0.39, 0.29) is 0 Å². The first kappa shape index (κ1) is 11.9. The quantitative estimate of drug-likeness (QED) is 0.844. The molecule has 0 aliphatic carbocycles. The zero-order valence-electron chi connectivity index (χ0n) is 10.2. The van der Waals surface area contributed by atoms with Crippen molar-refractivity contribution < 1.29 is 0 Å². The molecule has 0 spiro atoms. The number of nitrogens with zero attached hydrogens (tertiary/aromatic N) is 3. The van der Waals surface area contributed by atoms with Gasteiger partial charge in [0, 0.05) is 30.9 Å². The van der Waals surface area contributed by atoms with E-state index in [1.807, 2.05) is 6.20 Å². The van der Waals surface area contributed by atoms with Gasteiger partial charge < -0.3 is 11.1 Å². The molecular formula is C12H16BrN5. The van der Waals surface area contributed by atoms with Gasteiger partial charge in [0.15, 0.2) is 5.82 Å². The second-order valence-electron chi connectivity index (χ2n) is 4.88. The lowest BCUT2D eigenvalue weighted by atomic mass is 9.95. The second kappa shape index (κ2) is 4.51. The van der Waals surface area contributed by atoms with Crippen molar-refractivity contribution in [3.8, 4) is 0 Å². The number of fused-ring (bicyclic) bond motifs is 1. The summed E-state index contributed by atoms with van der Waals surface area (Å²) in [6.07, 6.45) is 5.98. The maximum Gasteiger partial charge on any atom is 0.150 e. The minimum Gasteiger partial charge on any atom is -0.382 e. The SMILES string of the molecule is C[C@H]1CC[C@@H](c2nc(Br)c3c(N)nccn23)CN1. The van der Waals surface area contributed by atoms with Crippen LogP contribution in [-0.2, 0) is 0 Å². The number of anilines is 1. The van der Waals surface area contributed by atoms with Gasteiger partial charge in [0.2, 0.25) is 0 Å². The standard InChI is InChI=1S/C12H16BrN5/c1-7-2-3-8(6-16-7)12-17-10(13)9-11(14)15-4-5-18(9)12/h4-5,7-8,16H,2-3,6H2,1H3,(H2,14,15)/t7-,8+/m0/s1. The van der Waals surface area contributed by atoms with Gasteiger partial charge in [0.25, 0.3) is 0 Å². The summed E-state index contributed by atoms with van der Waals surface area (Å²) in [5.41, 5.74) is 6.77. The molecule has 1 aliphatic rings. The van der Waals surface area contributed by atoms with Crippen LogP contribution in [0.25, 0.3) is 5.52 Å². The molecule has 3 rings (SSSR count). The van der Waals surface area contributed by atoms with Crippen LogP contribution in [0.2, 0.25) is 0 Å². The smallest absolute Gasteiger partial charge is 0.150 e. The normalized spacial score (nSPS) is 24.6. The van der Waals surface area contributed by atoms with E-state index >= 15 is 0 Å². The summed E-state index contributed by atoms with van der Waals surface area (Å²) in [5, 5.41) is 3.50. The molecule has 0 amide bonds. The molecule has 0 unspecified atom stereocenters. The van der Waals surface area contributed by atoms with Gasteiger partial charge in [-0.3, -0.25) is 4.40 Å². The second-order valence-corrected chi connectivity index (χ2v) is 5.63. The van der Waals surface area contributed by atoms with Crippen LogP contribution in [0, 0.1) is 0 Å². The van der Waals surface area contributed by atoms with E-state index in [1.54, 1.807) is 6.20 Å². The summed E-state index contributed by atoms with van der Waals surface area (Å²) in [6.45, 7) is 3.19. The van der Waals surface area contributed by atoms with Gasteiger partial charge in [-0.1, -0.05) is 0 Å². The maximum atomic E-state index is 5.90. The van der Waals surface area contributed by atoms with Gasteiger partial charge in [-0.15, -0.1) is 0 Å². The Morgan fingerprint density at radius 2 is 2.33 bits per heavy atom. The van der Waals surface area contributed by atoms with Crippen molar-refractivity contribution in [3.05, 3.63) is 22.8 Å². The molecule has 3 N–H and O–H groups in total. The number of aromatic nitrogens is 3. The number of rotatable bonds is 1. The van der Waals surface area contributed by atoms with E-state index in [1.165, 1.54) is 6.42 Å². The van der Waals surface area contributed by atoms with Crippen LogP contribution in [0.1, 0.15) is 31.5 Å². The lowest BCUT2D eigenvalue weighted by Gasteiger charge is -2.26. The minimum absolute atomic E-state index is 0.432. The lowest BCUT2D eigenvalue weighted by Crippen LogP contribution is -2.36. The van der Waals surface area contributed by atoms with Crippen LogP contribution in [0.3, 0.4) is 0 Å². The van der Waals surface area contributed by atoms with Gasteiger partial charge in [-0.25, -0.2) is 9.97 Å². The number of nitrogen functional groups attached to an aromatic ring is 1. The summed E-state index contributed by atoms with van der Waals surface area (Å²) in [6, 6.07) is 0.600. The van der Waals surface area contributed by atoms with Crippen molar-refractivity contribution in [2.24, 2.45) is 0 Å². The first-order chi connectivity index (χ1) is 8.66. The highest BCUT2D eigenvalue weighted by atomic mass is 79.9. The van der Waals surface area contributed by atoms with Gasteiger partial charge >= 0.3 is 0 Å². The van der Waals surface area contributed by atoms with Crippen molar-refractivity contribution in [2.75, 3.05) is 12.3 Å². The van der Waals surface area contributed by atoms with Crippen LogP contribution in [-0.4, -0.2) is 27.0 Å². The molecule has 2 atom stereocenters. The van der Waals surface area contributed by atoms with E-state index in [0.717, 1.165) is 28.9 Å². The van der Waals surface area contributed by atoms with Gasteiger partial charge in [-0.05, 0) is 35.7 Å². The van der Waals surface area contributed by atoms with Crippen LogP contribution in [0.4, 0.5) is 5.82 Å². The fourth-order valence-electron chi connectivity index (χ4n) is 2.55. The van der Waals surface area contributed by atoms with Gasteiger partial charge in [-0.2, -0.15) is 0 Å². The number of imidazole rings is 1. The van der Waals surface area contributed by atoms with Crippen molar-refractivity contribution in [1.82, 2.24) is 19.7 Å². The third-order valence-electron chi connectivity index (χ3n) is 3.59. The number of nitrogens with two attached hydrogens (primary N) is 1. The molecule has 0 aromatic carbocycles. The number of nitrogens with one attached hydrogen (secondary N) is 1. The van der Waals surface area contributed by atoms with Crippen LogP contribution >= 0.6 is 15.9 Å². The molecule has 1 saturated heterocycles. The average Bonchev–Trinajstić information content (AvgIpc) is 2.69. The molecule has 2 aromatic heterocycles.